The number of aliphatic carboxylic acids is 1. The van der Waals surface area contributed by atoms with Gasteiger partial charge in [-0.2, -0.15) is 11.8 Å². The summed E-state index contributed by atoms with van der Waals surface area (Å²) in [6.07, 6.45) is 3.25. The monoisotopic (exact) mass is 355 g/mol. The van der Waals surface area contributed by atoms with E-state index in [1.54, 1.807) is 4.90 Å². The normalized spacial score (nSPS) is 34.8. The molecule has 0 radical (unpaired) electrons. The van der Waals surface area contributed by atoms with E-state index in [9.17, 15) is 14.4 Å². The van der Waals surface area contributed by atoms with Crippen molar-refractivity contribution < 1.29 is 19.5 Å². The first-order chi connectivity index (χ1) is 11.5. The molecule has 5 atom stereocenters. The van der Waals surface area contributed by atoms with Crippen molar-refractivity contribution in [1.29, 1.82) is 0 Å². The Labute approximate surface area is 145 Å². The number of amides is 3. The van der Waals surface area contributed by atoms with Crippen LogP contribution in [0.15, 0.2) is 0 Å². The Hall–Kier alpha value is -1.44. The molecule has 0 aliphatic carbocycles. The van der Waals surface area contributed by atoms with Gasteiger partial charge in [-0.3, -0.25) is 9.59 Å². The predicted octanol–water partition coefficient (Wildman–Crippen LogP) is 0.891. The quantitative estimate of drug-likeness (QED) is 0.485. The van der Waals surface area contributed by atoms with Crippen LogP contribution in [0.5, 0.6) is 0 Å². The number of nitrogens with zero attached hydrogens (tertiary/aromatic N) is 1. The highest BCUT2D eigenvalue weighted by Gasteiger charge is 2.42. The lowest BCUT2D eigenvalue weighted by Gasteiger charge is -2.18. The lowest BCUT2D eigenvalue weighted by molar-refractivity contribution is -0.142. The first-order valence-corrected chi connectivity index (χ1v) is 9.70. The molecule has 3 amide bonds. The summed E-state index contributed by atoms with van der Waals surface area (Å²) in [6.45, 7) is 2.79. The summed E-state index contributed by atoms with van der Waals surface area (Å²) in [6, 6.07) is 0.392. The van der Waals surface area contributed by atoms with E-state index < -0.39 is 11.9 Å². The zero-order valence-electron chi connectivity index (χ0n) is 13.9. The highest BCUT2D eigenvalue weighted by atomic mass is 32.2. The van der Waals surface area contributed by atoms with Crippen LogP contribution in [0, 0.1) is 11.8 Å². The molecule has 3 saturated heterocycles. The van der Waals surface area contributed by atoms with Gasteiger partial charge in [0.05, 0.1) is 18.0 Å². The minimum absolute atomic E-state index is 0.0248. The first kappa shape index (κ1) is 17.4. The number of unbranched alkanes of at least 4 members (excludes halogenated alkanes) is 1. The number of carbonyl (C=O) groups is 3. The number of nitrogens with one attached hydrogen (secondary N) is 2. The Morgan fingerprint density at radius 1 is 1.29 bits per heavy atom. The molecule has 0 aromatic rings. The largest absolute Gasteiger partial charge is 0.481 e. The third-order valence-electron chi connectivity index (χ3n) is 5.35. The van der Waals surface area contributed by atoms with Gasteiger partial charge in [-0.15, -0.1) is 0 Å². The maximum absolute atomic E-state index is 12.2. The molecule has 24 heavy (non-hydrogen) atoms. The topological polar surface area (TPSA) is 98.7 Å². The Kier molecular flexibility index (Phi) is 5.22. The standard InChI is InChI=1S/C16H25N3O4S/c1-9-6-19(7-10(9)15(21)22)13(20)5-3-2-4-12-14-11(8-24-12)17-16(23)18-14/h9-12,14H,2-8H2,1H3,(H,21,22)(H2,17,18,23)/t9-,10-,11+,12+,14+/m1/s1. The molecule has 134 valence electrons. The highest BCUT2D eigenvalue weighted by Crippen LogP contribution is 2.33. The van der Waals surface area contributed by atoms with Crippen molar-refractivity contribution in [2.45, 2.75) is 49.9 Å². The minimum Gasteiger partial charge on any atom is -0.481 e. The average molecular weight is 355 g/mol. The van der Waals surface area contributed by atoms with Gasteiger partial charge < -0.3 is 20.6 Å². The molecular weight excluding hydrogens is 330 g/mol. The molecule has 0 spiro atoms. The number of hydrogen-bond acceptors (Lipinski definition) is 4. The lowest BCUT2D eigenvalue weighted by Crippen LogP contribution is -2.36. The van der Waals surface area contributed by atoms with Crippen LogP contribution in [0.25, 0.3) is 0 Å². The van der Waals surface area contributed by atoms with Gasteiger partial charge in [0.1, 0.15) is 0 Å². The average Bonchev–Trinajstić information content (AvgIpc) is 3.18. The van der Waals surface area contributed by atoms with Gasteiger partial charge in [-0.25, -0.2) is 4.79 Å². The second-order valence-corrected chi connectivity index (χ2v) is 8.36. The van der Waals surface area contributed by atoms with E-state index in [0.717, 1.165) is 25.0 Å². The van der Waals surface area contributed by atoms with E-state index >= 15 is 0 Å². The van der Waals surface area contributed by atoms with Gasteiger partial charge in [-0.05, 0) is 18.8 Å². The van der Waals surface area contributed by atoms with E-state index in [-0.39, 0.29) is 29.9 Å². The number of carboxylic acids is 1. The van der Waals surface area contributed by atoms with Crippen LogP contribution in [0.1, 0.15) is 32.6 Å². The fraction of sp³-hybridized carbons (Fsp3) is 0.812. The van der Waals surface area contributed by atoms with Crippen LogP contribution in [-0.4, -0.2) is 64.1 Å². The number of fused-ring (bicyclic) bond motifs is 1. The minimum atomic E-state index is -0.808. The third kappa shape index (κ3) is 3.63. The molecular formula is C16H25N3O4S. The lowest BCUT2D eigenvalue weighted by atomic mass is 9.99. The van der Waals surface area contributed by atoms with Gasteiger partial charge in [0, 0.05) is 30.5 Å². The second-order valence-electron chi connectivity index (χ2n) is 7.09. The number of rotatable bonds is 6. The molecule has 3 heterocycles. The summed E-state index contributed by atoms with van der Waals surface area (Å²) in [5.74, 6) is -0.192. The Balaban J connectivity index is 1.36. The molecule has 8 heteroatoms. The van der Waals surface area contributed by atoms with Crippen molar-refractivity contribution in [2.24, 2.45) is 11.8 Å². The van der Waals surface area contributed by atoms with Crippen molar-refractivity contribution >= 4 is 29.7 Å². The molecule has 3 N–H and O–H groups in total. The van der Waals surface area contributed by atoms with E-state index in [0.29, 0.717) is 24.8 Å². The van der Waals surface area contributed by atoms with Crippen molar-refractivity contribution in [3.8, 4) is 0 Å². The van der Waals surface area contributed by atoms with Crippen LogP contribution in [-0.2, 0) is 9.59 Å². The zero-order valence-corrected chi connectivity index (χ0v) is 14.7. The number of carboxylic acid groups (broad SMARTS) is 1. The Morgan fingerprint density at radius 3 is 2.79 bits per heavy atom. The number of likely N-dealkylation sites (tertiary alicyclic amines) is 1. The second kappa shape index (κ2) is 7.21. The van der Waals surface area contributed by atoms with Gasteiger partial charge >= 0.3 is 12.0 Å². The zero-order chi connectivity index (χ0) is 17.3. The summed E-state index contributed by atoms with van der Waals surface area (Å²) in [7, 11) is 0. The number of carbonyl (C=O) groups excluding carboxylic acids is 2. The smallest absolute Gasteiger partial charge is 0.315 e. The van der Waals surface area contributed by atoms with Crippen LogP contribution in [0.2, 0.25) is 0 Å². The van der Waals surface area contributed by atoms with Gasteiger partial charge in [-0.1, -0.05) is 13.3 Å². The SMILES string of the molecule is C[C@@H]1CN(C(=O)CCCC[C@@H]2SC[C@@H]3NC(=O)N[C@@H]32)C[C@H]1C(=O)O. The summed E-state index contributed by atoms with van der Waals surface area (Å²) in [5, 5.41) is 15.5. The highest BCUT2D eigenvalue weighted by molar-refractivity contribution is 8.00. The maximum Gasteiger partial charge on any atom is 0.315 e. The van der Waals surface area contributed by atoms with E-state index in [2.05, 4.69) is 10.6 Å². The molecule has 3 aliphatic heterocycles. The molecule has 0 unspecified atom stereocenters. The molecule has 3 aliphatic rings. The summed E-state index contributed by atoms with van der Waals surface area (Å²) < 4.78 is 0. The van der Waals surface area contributed by atoms with Gasteiger partial charge in [0.25, 0.3) is 0 Å². The van der Waals surface area contributed by atoms with Crippen molar-refractivity contribution in [3.63, 3.8) is 0 Å². The molecule has 0 aromatic carbocycles. The Morgan fingerprint density at radius 2 is 2.08 bits per heavy atom. The van der Waals surface area contributed by atoms with Crippen molar-refractivity contribution in [1.82, 2.24) is 15.5 Å². The van der Waals surface area contributed by atoms with Crippen molar-refractivity contribution in [2.75, 3.05) is 18.8 Å². The summed E-state index contributed by atoms with van der Waals surface area (Å²) >= 11 is 1.89. The maximum atomic E-state index is 12.2. The number of hydrogen-bond donors (Lipinski definition) is 3. The van der Waals surface area contributed by atoms with Gasteiger partial charge in [0.2, 0.25) is 5.91 Å². The third-order valence-corrected chi connectivity index (χ3v) is 6.86. The Bertz CT molecular complexity index is 529. The molecule has 7 nitrogen and oxygen atoms in total. The number of thioether (sulfide) groups is 1. The van der Waals surface area contributed by atoms with Crippen LogP contribution in [0.3, 0.4) is 0 Å². The number of urea groups is 1. The predicted molar refractivity (Wildman–Crippen MR) is 90.8 cm³/mol. The van der Waals surface area contributed by atoms with Gasteiger partial charge in [0.15, 0.2) is 0 Å². The van der Waals surface area contributed by atoms with E-state index in [1.807, 2.05) is 18.7 Å². The summed E-state index contributed by atoms with van der Waals surface area (Å²) in [4.78, 5) is 36.4. The molecule has 0 bridgehead atoms. The summed E-state index contributed by atoms with van der Waals surface area (Å²) in [5.41, 5.74) is 0. The molecule has 0 saturated carbocycles. The van der Waals surface area contributed by atoms with Crippen molar-refractivity contribution in [3.05, 3.63) is 0 Å². The molecule has 3 fully saturated rings. The molecule has 0 aromatic heterocycles. The van der Waals surface area contributed by atoms with Crippen LogP contribution < -0.4 is 10.6 Å². The van der Waals surface area contributed by atoms with E-state index in [1.165, 1.54) is 0 Å². The van der Waals surface area contributed by atoms with Crippen LogP contribution in [0.4, 0.5) is 4.79 Å². The fourth-order valence-electron chi connectivity index (χ4n) is 3.91. The first-order valence-electron chi connectivity index (χ1n) is 8.65. The fourth-order valence-corrected chi connectivity index (χ4v) is 5.46. The van der Waals surface area contributed by atoms with Crippen LogP contribution >= 0.6 is 11.8 Å². The van der Waals surface area contributed by atoms with E-state index in [4.69, 9.17) is 5.11 Å². The molecule has 3 rings (SSSR count).